The van der Waals surface area contributed by atoms with E-state index < -0.39 is 28.8 Å². The highest BCUT2D eigenvalue weighted by Gasteiger charge is 2.41. The zero-order chi connectivity index (χ0) is 13.3. The van der Waals surface area contributed by atoms with Crippen molar-refractivity contribution in [3.63, 3.8) is 0 Å². The Morgan fingerprint density at radius 3 is 2.72 bits per heavy atom. The molecule has 1 atom stereocenters. The Labute approximate surface area is 106 Å². The number of thioether (sulfide) groups is 1. The smallest absolute Gasteiger partial charge is 0.305 e. The number of rotatable bonds is 3. The average Bonchev–Trinajstić information content (AvgIpc) is 2.53. The molecule has 0 saturated carbocycles. The van der Waals surface area contributed by atoms with Gasteiger partial charge in [-0.2, -0.15) is 0 Å². The van der Waals surface area contributed by atoms with E-state index in [1.54, 1.807) is 0 Å². The summed E-state index contributed by atoms with van der Waals surface area (Å²) in [4.78, 5) is 35.0. The third-order valence-corrected chi connectivity index (χ3v) is 3.41. The third-order valence-electron chi connectivity index (χ3n) is 2.37. The highest BCUT2D eigenvalue weighted by Crippen LogP contribution is 2.34. The molecule has 0 aromatic heterocycles. The summed E-state index contributed by atoms with van der Waals surface area (Å²) in [5.41, 5.74) is 0.241. The van der Waals surface area contributed by atoms with Gasteiger partial charge in [0, 0.05) is 6.07 Å². The first kappa shape index (κ1) is 12.4. The quantitative estimate of drug-likeness (QED) is 0.860. The van der Waals surface area contributed by atoms with Gasteiger partial charge in [-0.25, -0.2) is 4.90 Å². The Morgan fingerprint density at radius 2 is 2.11 bits per heavy atom. The van der Waals surface area contributed by atoms with Gasteiger partial charge in [0.05, 0.1) is 12.1 Å². The SMILES string of the molecule is O=C(O)C[C@H]1SC(=O)N(c2cccc(O)c2)C1=O. The zero-order valence-corrected chi connectivity index (χ0v) is 9.88. The van der Waals surface area contributed by atoms with Gasteiger partial charge in [-0.15, -0.1) is 0 Å². The number of aliphatic carboxylic acids is 1. The van der Waals surface area contributed by atoms with Crippen molar-refractivity contribution in [3.8, 4) is 5.75 Å². The van der Waals surface area contributed by atoms with Crippen molar-refractivity contribution < 1.29 is 24.6 Å². The van der Waals surface area contributed by atoms with Crippen LogP contribution in [-0.2, 0) is 9.59 Å². The molecule has 1 aliphatic rings. The fourth-order valence-electron chi connectivity index (χ4n) is 1.61. The van der Waals surface area contributed by atoms with Crippen LogP contribution in [0, 0.1) is 0 Å². The van der Waals surface area contributed by atoms with E-state index in [0.29, 0.717) is 11.8 Å². The number of carboxylic acid groups (broad SMARTS) is 1. The van der Waals surface area contributed by atoms with Crippen LogP contribution >= 0.6 is 11.8 Å². The molecule has 1 aromatic rings. The lowest BCUT2D eigenvalue weighted by molar-refractivity contribution is -0.138. The summed E-state index contributed by atoms with van der Waals surface area (Å²) in [5.74, 6) is -1.77. The first-order chi connectivity index (χ1) is 8.49. The lowest BCUT2D eigenvalue weighted by atomic mass is 10.2. The number of nitrogens with zero attached hydrogens (tertiary/aromatic N) is 1. The van der Waals surface area contributed by atoms with E-state index in [-0.39, 0.29) is 11.4 Å². The molecule has 0 spiro atoms. The first-order valence-corrected chi connectivity index (χ1v) is 5.92. The zero-order valence-electron chi connectivity index (χ0n) is 9.07. The molecular weight excluding hydrogens is 258 g/mol. The van der Waals surface area contributed by atoms with Crippen molar-refractivity contribution in [1.82, 2.24) is 0 Å². The number of aromatic hydroxyl groups is 1. The number of amides is 2. The largest absolute Gasteiger partial charge is 0.508 e. The Morgan fingerprint density at radius 1 is 1.39 bits per heavy atom. The van der Waals surface area contributed by atoms with E-state index in [9.17, 15) is 19.5 Å². The molecule has 0 radical (unpaired) electrons. The van der Waals surface area contributed by atoms with E-state index in [4.69, 9.17) is 5.11 Å². The number of phenols is 1. The monoisotopic (exact) mass is 267 g/mol. The fraction of sp³-hybridized carbons (Fsp3) is 0.182. The van der Waals surface area contributed by atoms with Crippen LogP contribution in [0.1, 0.15) is 6.42 Å². The molecule has 1 heterocycles. The molecule has 2 N–H and O–H groups in total. The molecule has 1 fully saturated rings. The number of carboxylic acids is 1. The summed E-state index contributed by atoms with van der Waals surface area (Å²) in [5, 5.41) is 16.5. The van der Waals surface area contributed by atoms with Gasteiger partial charge in [-0.05, 0) is 23.9 Å². The summed E-state index contributed by atoms with van der Waals surface area (Å²) in [6.45, 7) is 0. The molecule has 0 unspecified atom stereocenters. The molecule has 1 aliphatic heterocycles. The predicted octanol–water partition coefficient (Wildman–Crippen LogP) is 1.44. The first-order valence-electron chi connectivity index (χ1n) is 5.04. The highest BCUT2D eigenvalue weighted by molar-refractivity contribution is 8.15. The van der Waals surface area contributed by atoms with Crippen LogP contribution in [0.2, 0.25) is 0 Å². The van der Waals surface area contributed by atoms with Crippen molar-refractivity contribution in [1.29, 1.82) is 0 Å². The molecular formula is C11H9NO5S. The standard InChI is InChI=1S/C11H9NO5S/c13-7-3-1-2-6(4-7)12-10(16)8(5-9(14)15)18-11(12)17/h1-4,8,13H,5H2,(H,14,15)/t8-/m1/s1. The van der Waals surface area contributed by atoms with E-state index >= 15 is 0 Å². The van der Waals surface area contributed by atoms with Crippen LogP contribution < -0.4 is 4.90 Å². The van der Waals surface area contributed by atoms with Gasteiger partial charge in [0.15, 0.2) is 0 Å². The normalized spacial score (nSPS) is 19.3. The van der Waals surface area contributed by atoms with Crippen LogP contribution in [0.5, 0.6) is 5.75 Å². The van der Waals surface area contributed by atoms with Crippen molar-refractivity contribution >= 4 is 34.6 Å². The maximum atomic E-state index is 11.9. The van der Waals surface area contributed by atoms with E-state index in [2.05, 4.69) is 0 Å². The molecule has 0 bridgehead atoms. The molecule has 2 amide bonds. The minimum Gasteiger partial charge on any atom is -0.508 e. The van der Waals surface area contributed by atoms with Crippen molar-refractivity contribution in [3.05, 3.63) is 24.3 Å². The lowest BCUT2D eigenvalue weighted by Crippen LogP contribution is -2.32. The molecule has 0 aliphatic carbocycles. The number of imide groups is 1. The van der Waals surface area contributed by atoms with Gasteiger partial charge in [0.25, 0.3) is 5.24 Å². The van der Waals surface area contributed by atoms with Crippen molar-refractivity contribution in [2.75, 3.05) is 4.90 Å². The number of carbonyl (C=O) groups is 3. The molecule has 6 nitrogen and oxygen atoms in total. The molecule has 94 valence electrons. The van der Waals surface area contributed by atoms with Gasteiger partial charge in [-0.1, -0.05) is 6.07 Å². The van der Waals surface area contributed by atoms with Crippen LogP contribution in [0.15, 0.2) is 24.3 Å². The van der Waals surface area contributed by atoms with Crippen molar-refractivity contribution in [2.24, 2.45) is 0 Å². The van der Waals surface area contributed by atoms with E-state index in [1.807, 2.05) is 0 Å². The summed E-state index contributed by atoms with van der Waals surface area (Å²) in [6.07, 6.45) is -0.398. The van der Waals surface area contributed by atoms with Gasteiger partial charge in [-0.3, -0.25) is 14.4 Å². The summed E-state index contributed by atoms with van der Waals surface area (Å²) >= 11 is 0.686. The van der Waals surface area contributed by atoms with E-state index in [0.717, 1.165) is 4.90 Å². The van der Waals surface area contributed by atoms with Gasteiger partial charge >= 0.3 is 5.97 Å². The second kappa shape index (κ2) is 4.69. The number of hydrogen-bond acceptors (Lipinski definition) is 5. The Balaban J connectivity index is 2.27. The minimum absolute atomic E-state index is 0.0696. The van der Waals surface area contributed by atoms with Crippen molar-refractivity contribution in [2.45, 2.75) is 11.7 Å². The predicted molar refractivity (Wildman–Crippen MR) is 64.6 cm³/mol. The maximum Gasteiger partial charge on any atom is 0.305 e. The minimum atomic E-state index is -1.13. The molecule has 7 heteroatoms. The van der Waals surface area contributed by atoms with Crippen LogP contribution in [0.4, 0.5) is 10.5 Å². The second-order valence-electron chi connectivity index (χ2n) is 3.66. The lowest BCUT2D eigenvalue weighted by Gasteiger charge is -2.13. The number of phenolic OH excluding ortho intramolecular Hbond substituents is 1. The molecule has 1 aromatic carbocycles. The Hall–Kier alpha value is -2.02. The van der Waals surface area contributed by atoms with E-state index in [1.165, 1.54) is 24.3 Å². The van der Waals surface area contributed by atoms with Crippen LogP contribution in [-0.4, -0.2) is 32.6 Å². The topological polar surface area (TPSA) is 94.9 Å². The molecule has 1 saturated heterocycles. The Kier molecular flexibility index (Phi) is 3.24. The number of benzene rings is 1. The summed E-state index contributed by atoms with van der Waals surface area (Å²) in [7, 11) is 0. The summed E-state index contributed by atoms with van der Waals surface area (Å²) in [6, 6.07) is 5.69. The second-order valence-corrected chi connectivity index (χ2v) is 4.82. The number of anilines is 1. The van der Waals surface area contributed by atoms with Gasteiger partial charge in [0.2, 0.25) is 5.91 Å². The fourth-order valence-corrected chi connectivity index (χ4v) is 2.59. The highest BCUT2D eigenvalue weighted by atomic mass is 32.2. The molecule has 18 heavy (non-hydrogen) atoms. The number of hydrogen-bond donors (Lipinski definition) is 2. The van der Waals surface area contributed by atoms with Gasteiger partial charge < -0.3 is 10.2 Å². The molecule has 2 rings (SSSR count). The van der Waals surface area contributed by atoms with Crippen LogP contribution in [0.3, 0.4) is 0 Å². The maximum absolute atomic E-state index is 11.9. The Bertz CT molecular complexity index is 530. The van der Waals surface area contributed by atoms with Gasteiger partial charge in [0.1, 0.15) is 11.0 Å². The summed E-state index contributed by atoms with van der Waals surface area (Å²) < 4.78 is 0. The third kappa shape index (κ3) is 2.30. The van der Waals surface area contributed by atoms with Crippen LogP contribution in [0.25, 0.3) is 0 Å². The average molecular weight is 267 g/mol. The number of carbonyl (C=O) groups excluding carboxylic acids is 2.